The molecule has 0 fully saturated rings. The molecular formula is C13H19BrN2O3. The van der Waals surface area contributed by atoms with Crippen LogP contribution in [0.5, 0.6) is 5.75 Å². The van der Waals surface area contributed by atoms with Crippen molar-refractivity contribution in [2.24, 2.45) is 0 Å². The van der Waals surface area contributed by atoms with Gasteiger partial charge in [0.2, 0.25) is 5.91 Å². The number of amides is 1. The number of carbonyl (C=O) groups excluding carboxylic acids is 1. The Balaban J connectivity index is 2.44. The van der Waals surface area contributed by atoms with Crippen molar-refractivity contribution in [1.29, 1.82) is 0 Å². The van der Waals surface area contributed by atoms with Gasteiger partial charge in [-0.3, -0.25) is 4.79 Å². The molecule has 0 heterocycles. The summed E-state index contributed by atoms with van der Waals surface area (Å²) in [5.41, 5.74) is 0.849. The summed E-state index contributed by atoms with van der Waals surface area (Å²) in [6.07, 6.45) is 0. The number of methoxy groups -OCH3 is 2. The average molecular weight is 331 g/mol. The van der Waals surface area contributed by atoms with Crippen molar-refractivity contribution >= 4 is 27.5 Å². The normalized spacial score (nSPS) is 11.8. The summed E-state index contributed by atoms with van der Waals surface area (Å²) >= 11 is 3.39. The second-order valence-corrected chi connectivity index (χ2v) is 4.98. The van der Waals surface area contributed by atoms with E-state index in [1.165, 1.54) is 0 Å². The minimum Gasteiger partial charge on any atom is -0.496 e. The zero-order valence-electron chi connectivity index (χ0n) is 11.3. The first kappa shape index (κ1) is 15.8. The Kier molecular flexibility index (Phi) is 6.66. The molecule has 0 saturated heterocycles. The number of nitrogens with one attached hydrogen (secondary N) is 2. The first-order valence-electron chi connectivity index (χ1n) is 5.92. The fraction of sp³-hybridized carbons (Fsp3) is 0.462. The fourth-order valence-corrected chi connectivity index (χ4v) is 2.12. The van der Waals surface area contributed by atoms with Crippen LogP contribution in [0.25, 0.3) is 0 Å². The molecule has 1 atom stereocenters. The smallest absolute Gasteiger partial charge is 0.239 e. The third-order valence-electron chi connectivity index (χ3n) is 2.43. The molecule has 1 amide bonds. The van der Waals surface area contributed by atoms with E-state index in [0.29, 0.717) is 6.61 Å². The molecule has 1 aromatic rings. The molecule has 0 aromatic heterocycles. The van der Waals surface area contributed by atoms with Crippen molar-refractivity contribution in [2.45, 2.75) is 13.0 Å². The van der Waals surface area contributed by atoms with Crippen molar-refractivity contribution in [3.63, 3.8) is 0 Å². The lowest BCUT2D eigenvalue weighted by Crippen LogP contribution is -2.39. The molecule has 6 heteroatoms. The Morgan fingerprint density at radius 2 is 2.16 bits per heavy atom. The number of halogens is 1. The number of anilines is 1. The van der Waals surface area contributed by atoms with Gasteiger partial charge >= 0.3 is 0 Å². The highest BCUT2D eigenvalue weighted by Gasteiger charge is 2.07. The predicted molar refractivity (Wildman–Crippen MR) is 78.7 cm³/mol. The van der Waals surface area contributed by atoms with Gasteiger partial charge in [-0.15, -0.1) is 0 Å². The van der Waals surface area contributed by atoms with Crippen LogP contribution in [0.3, 0.4) is 0 Å². The summed E-state index contributed by atoms with van der Waals surface area (Å²) in [6.45, 7) is 2.61. The second-order valence-electron chi connectivity index (χ2n) is 4.13. The third-order valence-corrected chi connectivity index (χ3v) is 3.05. The van der Waals surface area contributed by atoms with Crippen molar-refractivity contribution < 1.29 is 14.3 Å². The number of ether oxygens (including phenoxy) is 2. The van der Waals surface area contributed by atoms with E-state index in [4.69, 9.17) is 9.47 Å². The van der Waals surface area contributed by atoms with Gasteiger partial charge in [-0.05, 0) is 41.1 Å². The zero-order chi connectivity index (χ0) is 14.3. The van der Waals surface area contributed by atoms with Gasteiger partial charge in [0.25, 0.3) is 0 Å². The van der Waals surface area contributed by atoms with Crippen LogP contribution in [0.1, 0.15) is 6.92 Å². The van der Waals surface area contributed by atoms with E-state index in [-0.39, 0.29) is 18.5 Å². The minimum absolute atomic E-state index is 0.00176. The van der Waals surface area contributed by atoms with Gasteiger partial charge in [0.1, 0.15) is 5.75 Å². The summed E-state index contributed by atoms with van der Waals surface area (Å²) in [6, 6.07) is 5.56. The SMILES string of the molecule is COC[C@@H](C)NC(=O)CNc1ccc(OC)c(Br)c1. The molecule has 0 unspecified atom stereocenters. The van der Waals surface area contributed by atoms with Crippen LogP contribution in [-0.2, 0) is 9.53 Å². The molecule has 5 nitrogen and oxygen atoms in total. The molecule has 19 heavy (non-hydrogen) atoms. The molecule has 0 aliphatic carbocycles. The summed E-state index contributed by atoms with van der Waals surface area (Å²) in [7, 11) is 3.22. The summed E-state index contributed by atoms with van der Waals surface area (Å²) < 4.78 is 10.9. The van der Waals surface area contributed by atoms with E-state index in [2.05, 4.69) is 26.6 Å². The average Bonchev–Trinajstić information content (AvgIpc) is 2.36. The van der Waals surface area contributed by atoms with Crippen LogP contribution in [0, 0.1) is 0 Å². The largest absolute Gasteiger partial charge is 0.496 e. The lowest BCUT2D eigenvalue weighted by molar-refractivity contribution is -0.120. The van der Waals surface area contributed by atoms with Crippen molar-refractivity contribution in [3.05, 3.63) is 22.7 Å². The molecule has 2 N–H and O–H groups in total. The Morgan fingerprint density at radius 3 is 2.74 bits per heavy atom. The van der Waals surface area contributed by atoms with Gasteiger partial charge in [0, 0.05) is 18.8 Å². The summed E-state index contributed by atoms with van der Waals surface area (Å²) in [5.74, 6) is 0.681. The lowest BCUT2D eigenvalue weighted by Gasteiger charge is -2.14. The van der Waals surface area contributed by atoms with E-state index in [1.54, 1.807) is 14.2 Å². The topological polar surface area (TPSA) is 59.6 Å². The van der Waals surface area contributed by atoms with Crippen molar-refractivity contribution in [2.75, 3.05) is 32.7 Å². The first-order valence-corrected chi connectivity index (χ1v) is 6.71. The number of hydrogen-bond acceptors (Lipinski definition) is 4. The molecule has 0 radical (unpaired) electrons. The molecule has 1 aromatic carbocycles. The number of hydrogen-bond donors (Lipinski definition) is 2. The van der Waals surface area contributed by atoms with Crippen LogP contribution >= 0.6 is 15.9 Å². The van der Waals surface area contributed by atoms with Crippen molar-refractivity contribution in [1.82, 2.24) is 5.32 Å². The van der Waals surface area contributed by atoms with Crippen LogP contribution in [0.4, 0.5) is 5.69 Å². The Morgan fingerprint density at radius 1 is 1.42 bits per heavy atom. The maximum Gasteiger partial charge on any atom is 0.239 e. The van der Waals surface area contributed by atoms with Crippen molar-refractivity contribution in [3.8, 4) is 5.75 Å². The van der Waals surface area contributed by atoms with Crippen LogP contribution in [0.2, 0.25) is 0 Å². The van der Waals surface area contributed by atoms with Crippen LogP contribution in [0.15, 0.2) is 22.7 Å². The monoisotopic (exact) mass is 330 g/mol. The van der Waals surface area contributed by atoms with E-state index < -0.39 is 0 Å². The van der Waals surface area contributed by atoms with Gasteiger partial charge in [-0.25, -0.2) is 0 Å². The number of carbonyl (C=O) groups is 1. The van der Waals surface area contributed by atoms with E-state index in [1.807, 2.05) is 25.1 Å². The van der Waals surface area contributed by atoms with Gasteiger partial charge < -0.3 is 20.1 Å². The minimum atomic E-state index is -0.0727. The van der Waals surface area contributed by atoms with Gasteiger partial charge in [-0.2, -0.15) is 0 Å². The summed E-state index contributed by atoms with van der Waals surface area (Å²) in [4.78, 5) is 11.6. The predicted octanol–water partition coefficient (Wildman–Crippen LogP) is 2.02. The maximum absolute atomic E-state index is 11.6. The van der Waals surface area contributed by atoms with Gasteiger partial charge in [0.05, 0.1) is 24.7 Å². The first-order chi connectivity index (χ1) is 9.06. The Labute approximate surface area is 121 Å². The Hall–Kier alpha value is -1.27. The third kappa shape index (κ3) is 5.48. The molecule has 0 aliphatic rings. The molecule has 0 saturated carbocycles. The molecular weight excluding hydrogens is 312 g/mol. The highest BCUT2D eigenvalue weighted by molar-refractivity contribution is 9.10. The molecule has 0 bridgehead atoms. The van der Waals surface area contributed by atoms with Gasteiger partial charge in [0.15, 0.2) is 0 Å². The zero-order valence-corrected chi connectivity index (χ0v) is 12.9. The summed E-state index contributed by atoms with van der Waals surface area (Å²) in [5, 5.41) is 5.87. The highest BCUT2D eigenvalue weighted by Crippen LogP contribution is 2.27. The van der Waals surface area contributed by atoms with Gasteiger partial charge in [-0.1, -0.05) is 0 Å². The van der Waals surface area contributed by atoms with E-state index >= 15 is 0 Å². The number of benzene rings is 1. The second kappa shape index (κ2) is 8.01. The lowest BCUT2D eigenvalue weighted by atomic mass is 10.3. The van der Waals surface area contributed by atoms with Crippen LogP contribution < -0.4 is 15.4 Å². The number of rotatable bonds is 7. The standard InChI is InChI=1S/C13H19BrN2O3/c1-9(8-18-2)16-13(17)7-15-10-4-5-12(19-3)11(14)6-10/h4-6,9,15H,7-8H2,1-3H3,(H,16,17)/t9-/m1/s1. The highest BCUT2D eigenvalue weighted by atomic mass is 79.9. The Bertz CT molecular complexity index is 426. The molecule has 106 valence electrons. The van der Waals surface area contributed by atoms with E-state index in [0.717, 1.165) is 15.9 Å². The quantitative estimate of drug-likeness (QED) is 0.803. The maximum atomic E-state index is 11.6. The molecule has 0 aliphatic heterocycles. The fourth-order valence-electron chi connectivity index (χ4n) is 1.58. The van der Waals surface area contributed by atoms with E-state index in [9.17, 15) is 4.79 Å². The van der Waals surface area contributed by atoms with Crippen LogP contribution in [-0.4, -0.2) is 39.3 Å². The molecule has 0 spiro atoms. The molecule has 1 rings (SSSR count).